The number of piperazine rings is 1. The van der Waals surface area contributed by atoms with Crippen LogP contribution >= 0.6 is 11.6 Å². The van der Waals surface area contributed by atoms with Crippen molar-refractivity contribution in [3.8, 4) is 0 Å². The van der Waals surface area contributed by atoms with Gasteiger partial charge in [-0.3, -0.25) is 0 Å². The van der Waals surface area contributed by atoms with Gasteiger partial charge < -0.3 is 9.80 Å². The summed E-state index contributed by atoms with van der Waals surface area (Å²) in [5.74, 6) is 0.230. The highest BCUT2D eigenvalue weighted by Crippen LogP contribution is 2.35. The van der Waals surface area contributed by atoms with Crippen molar-refractivity contribution >= 4 is 23.1 Å². The van der Waals surface area contributed by atoms with Crippen LogP contribution in [0.25, 0.3) is 0 Å². The molecule has 0 aliphatic carbocycles. The summed E-state index contributed by atoms with van der Waals surface area (Å²) in [6.07, 6.45) is -8.23. The minimum absolute atomic E-state index is 0.114. The molecule has 0 saturated carbocycles. The monoisotopic (exact) mass is 409 g/mol. The second-order valence-corrected chi connectivity index (χ2v) is 6.46. The lowest BCUT2D eigenvalue weighted by atomic mass is 10.1. The molecule has 0 unspecified atom stereocenters. The molecule has 0 spiro atoms. The molecule has 1 aromatic carbocycles. The number of aromatic nitrogens is 1. The first-order valence-electron chi connectivity index (χ1n) is 7.95. The average Bonchev–Trinajstić information content (AvgIpc) is 2.60. The standard InChI is InChI=1S/C17H14ClF6N3/c18-14-9-12(17(22,23)24)10-25-15(14)27-6-4-26(5-7-27)13-3-1-2-11(8-13)16(19,20)21/h1-3,8-10H,4-7H2. The Bertz CT molecular complexity index is 813. The lowest BCUT2D eigenvalue weighted by Gasteiger charge is -2.37. The predicted molar refractivity (Wildman–Crippen MR) is 90.1 cm³/mol. The first-order valence-corrected chi connectivity index (χ1v) is 8.33. The maximum absolute atomic E-state index is 12.8. The van der Waals surface area contributed by atoms with E-state index in [1.165, 1.54) is 6.07 Å². The molecule has 3 nitrogen and oxygen atoms in total. The Labute approximate surface area is 156 Å². The highest BCUT2D eigenvalue weighted by molar-refractivity contribution is 6.33. The third-order valence-electron chi connectivity index (χ3n) is 4.27. The average molecular weight is 410 g/mol. The first kappa shape index (κ1) is 19.6. The van der Waals surface area contributed by atoms with Crippen LogP contribution < -0.4 is 9.80 Å². The Hall–Kier alpha value is -2.16. The smallest absolute Gasteiger partial charge is 0.368 e. The van der Waals surface area contributed by atoms with Crippen molar-refractivity contribution in [2.24, 2.45) is 0 Å². The van der Waals surface area contributed by atoms with Crippen molar-refractivity contribution in [1.29, 1.82) is 0 Å². The van der Waals surface area contributed by atoms with Crippen molar-refractivity contribution in [2.45, 2.75) is 12.4 Å². The largest absolute Gasteiger partial charge is 0.417 e. The van der Waals surface area contributed by atoms with Crippen LogP contribution in [0.2, 0.25) is 5.02 Å². The van der Waals surface area contributed by atoms with Gasteiger partial charge in [-0.1, -0.05) is 17.7 Å². The Kier molecular flexibility index (Phi) is 5.16. The normalized spacial score (nSPS) is 16.0. The number of pyridine rings is 1. The lowest BCUT2D eigenvalue weighted by molar-refractivity contribution is -0.138. The Morgan fingerprint density at radius 3 is 1.96 bits per heavy atom. The number of benzene rings is 1. The molecule has 2 aromatic rings. The summed E-state index contributed by atoms with van der Waals surface area (Å²) in [5, 5.41) is -0.114. The maximum Gasteiger partial charge on any atom is 0.417 e. The first-order chi connectivity index (χ1) is 12.6. The van der Waals surface area contributed by atoms with Gasteiger partial charge >= 0.3 is 12.4 Å². The van der Waals surface area contributed by atoms with E-state index in [1.807, 2.05) is 0 Å². The Balaban J connectivity index is 1.71. The number of alkyl halides is 6. The molecule has 0 bridgehead atoms. The van der Waals surface area contributed by atoms with Crippen molar-refractivity contribution in [3.63, 3.8) is 0 Å². The third kappa shape index (κ3) is 4.40. The van der Waals surface area contributed by atoms with Gasteiger partial charge in [0.2, 0.25) is 0 Å². The molecular formula is C17H14ClF6N3. The molecule has 0 N–H and O–H groups in total. The van der Waals surface area contributed by atoms with Gasteiger partial charge in [-0.05, 0) is 24.3 Å². The van der Waals surface area contributed by atoms with Gasteiger partial charge in [0.1, 0.15) is 5.82 Å². The second-order valence-electron chi connectivity index (χ2n) is 6.05. The van der Waals surface area contributed by atoms with Crippen LogP contribution in [0, 0.1) is 0 Å². The number of rotatable bonds is 2. The van der Waals surface area contributed by atoms with Gasteiger partial charge in [-0.2, -0.15) is 26.3 Å². The fraction of sp³-hybridized carbons (Fsp3) is 0.353. The van der Waals surface area contributed by atoms with Crippen LogP contribution in [0.3, 0.4) is 0 Å². The van der Waals surface area contributed by atoms with Gasteiger partial charge in [-0.15, -0.1) is 0 Å². The Morgan fingerprint density at radius 2 is 1.41 bits per heavy atom. The molecule has 27 heavy (non-hydrogen) atoms. The maximum atomic E-state index is 12.8. The lowest BCUT2D eigenvalue weighted by Crippen LogP contribution is -2.47. The zero-order chi connectivity index (χ0) is 19.8. The SMILES string of the molecule is FC(F)(F)c1cccc(N2CCN(c3ncc(C(F)(F)F)cc3Cl)CC2)c1. The molecule has 1 aliphatic heterocycles. The molecule has 0 amide bonds. The summed E-state index contributed by atoms with van der Waals surface area (Å²) in [4.78, 5) is 7.32. The van der Waals surface area contributed by atoms with Crippen LogP contribution in [-0.4, -0.2) is 31.2 Å². The van der Waals surface area contributed by atoms with Crippen LogP contribution in [0.5, 0.6) is 0 Å². The van der Waals surface area contributed by atoms with Crippen molar-refractivity contribution in [1.82, 2.24) is 4.98 Å². The summed E-state index contributed by atoms with van der Waals surface area (Å²) >= 11 is 5.95. The molecule has 10 heteroatoms. The molecule has 1 fully saturated rings. The summed E-state index contributed by atoms with van der Waals surface area (Å²) in [7, 11) is 0. The van der Waals surface area contributed by atoms with Gasteiger partial charge in [0.25, 0.3) is 0 Å². The minimum atomic E-state index is -4.53. The molecule has 0 radical (unpaired) electrons. The molecule has 1 aliphatic rings. The van der Waals surface area contributed by atoms with E-state index in [-0.39, 0.29) is 10.8 Å². The number of nitrogens with zero attached hydrogens (tertiary/aromatic N) is 3. The van der Waals surface area contributed by atoms with Crippen molar-refractivity contribution < 1.29 is 26.3 Å². The molecule has 0 atom stereocenters. The van der Waals surface area contributed by atoms with Crippen molar-refractivity contribution in [2.75, 3.05) is 36.0 Å². The van der Waals surface area contributed by atoms with E-state index >= 15 is 0 Å². The fourth-order valence-electron chi connectivity index (χ4n) is 2.87. The van der Waals surface area contributed by atoms with Crippen molar-refractivity contribution in [3.05, 3.63) is 52.7 Å². The fourth-order valence-corrected chi connectivity index (χ4v) is 3.16. The molecule has 2 heterocycles. The summed E-state index contributed by atoms with van der Waals surface area (Å²) in [6, 6.07) is 5.85. The van der Waals surface area contributed by atoms with E-state index in [0.717, 1.165) is 24.4 Å². The molecule has 1 saturated heterocycles. The summed E-state index contributed by atoms with van der Waals surface area (Å²) in [5.41, 5.74) is -1.22. The highest BCUT2D eigenvalue weighted by Gasteiger charge is 2.33. The van der Waals surface area contributed by atoms with E-state index in [1.54, 1.807) is 15.9 Å². The third-order valence-corrected chi connectivity index (χ3v) is 4.55. The van der Waals surface area contributed by atoms with E-state index < -0.39 is 23.5 Å². The van der Waals surface area contributed by atoms with E-state index in [2.05, 4.69) is 4.98 Å². The van der Waals surface area contributed by atoms with Crippen LogP contribution in [0.4, 0.5) is 37.8 Å². The van der Waals surface area contributed by atoms with Gasteiger partial charge in [0, 0.05) is 38.1 Å². The van der Waals surface area contributed by atoms with Gasteiger partial charge in [0.15, 0.2) is 0 Å². The van der Waals surface area contributed by atoms with E-state index in [0.29, 0.717) is 31.9 Å². The van der Waals surface area contributed by atoms with E-state index in [4.69, 9.17) is 11.6 Å². The summed E-state index contributed by atoms with van der Waals surface area (Å²) < 4.78 is 76.6. The Morgan fingerprint density at radius 1 is 0.815 bits per heavy atom. The number of hydrogen-bond acceptors (Lipinski definition) is 3. The quantitative estimate of drug-likeness (QED) is 0.643. The van der Waals surface area contributed by atoms with Crippen LogP contribution in [0.15, 0.2) is 36.5 Å². The number of halogens is 7. The minimum Gasteiger partial charge on any atom is -0.368 e. The predicted octanol–water partition coefficient (Wildman–Crippen LogP) is 5.10. The second kappa shape index (κ2) is 7.10. The van der Waals surface area contributed by atoms with Gasteiger partial charge in [-0.25, -0.2) is 4.98 Å². The molecule has 3 rings (SSSR count). The number of hydrogen-bond donors (Lipinski definition) is 0. The van der Waals surface area contributed by atoms with Crippen LogP contribution in [-0.2, 0) is 12.4 Å². The van der Waals surface area contributed by atoms with E-state index in [9.17, 15) is 26.3 Å². The molecule has 146 valence electrons. The summed E-state index contributed by atoms with van der Waals surface area (Å²) in [6.45, 7) is 1.52. The topological polar surface area (TPSA) is 19.4 Å². The zero-order valence-corrected chi connectivity index (χ0v) is 14.5. The zero-order valence-electron chi connectivity index (χ0n) is 13.8. The molecule has 1 aromatic heterocycles. The number of anilines is 2. The molecular weight excluding hydrogens is 396 g/mol. The highest BCUT2D eigenvalue weighted by atomic mass is 35.5. The van der Waals surface area contributed by atoms with Crippen LogP contribution in [0.1, 0.15) is 11.1 Å². The van der Waals surface area contributed by atoms with Gasteiger partial charge in [0.05, 0.1) is 16.1 Å².